The van der Waals surface area contributed by atoms with E-state index in [0.29, 0.717) is 12.0 Å². The molecule has 1 saturated heterocycles. The number of hydrogen-bond donors (Lipinski definition) is 0. The number of nitrogens with zero attached hydrogens (tertiary/aromatic N) is 2. The second-order valence-corrected chi connectivity index (χ2v) is 9.05. The van der Waals surface area contributed by atoms with Crippen LogP contribution < -0.4 is 9.64 Å². The van der Waals surface area contributed by atoms with Crippen LogP contribution in [-0.4, -0.2) is 50.0 Å². The molecule has 0 aliphatic carbocycles. The van der Waals surface area contributed by atoms with E-state index in [4.69, 9.17) is 4.74 Å². The molecule has 1 fully saturated rings. The number of ether oxygens (including phenoxy) is 1. The molecule has 0 radical (unpaired) electrons. The molecule has 27 heavy (non-hydrogen) atoms. The van der Waals surface area contributed by atoms with Gasteiger partial charge in [0.1, 0.15) is 5.75 Å². The number of rotatable bonds is 4. The molecule has 3 aliphatic heterocycles. The maximum Gasteiger partial charge on any atom is 0.122 e. The highest BCUT2D eigenvalue weighted by molar-refractivity contribution is 7.99. The molecule has 4 heteroatoms. The Morgan fingerprint density at radius 2 is 2.04 bits per heavy atom. The van der Waals surface area contributed by atoms with Crippen LogP contribution in [0.5, 0.6) is 5.75 Å². The van der Waals surface area contributed by atoms with E-state index in [1.807, 2.05) is 0 Å². The van der Waals surface area contributed by atoms with Crippen molar-refractivity contribution >= 4 is 17.4 Å². The Kier molecular flexibility index (Phi) is 4.78. The van der Waals surface area contributed by atoms with Crippen molar-refractivity contribution in [3.8, 4) is 5.75 Å². The SMILES string of the molecule is COc1ccccc1CCN1CCC2C(C1)c1cccc3c1N2CCCS3. The molecule has 3 nitrogen and oxygen atoms in total. The number of hydrogen-bond acceptors (Lipinski definition) is 4. The summed E-state index contributed by atoms with van der Waals surface area (Å²) >= 11 is 2.06. The van der Waals surface area contributed by atoms with Crippen LogP contribution in [0, 0.1) is 0 Å². The van der Waals surface area contributed by atoms with E-state index < -0.39 is 0 Å². The Labute approximate surface area is 166 Å². The van der Waals surface area contributed by atoms with Gasteiger partial charge >= 0.3 is 0 Å². The minimum absolute atomic E-state index is 0.671. The van der Waals surface area contributed by atoms with Crippen LogP contribution in [0.4, 0.5) is 5.69 Å². The number of methoxy groups -OCH3 is 1. The summed E-state index contributed by atoms with van der Waals surface area (Å²) in [7, 11) is 1.77. The van der Waals surface area contributed by atoms with Gasteiger partial charge in [0, 0.05) is 43.0 Å². The number of para-hydroxylation sites is 2. The van der Waals surface area contributed by atoms with Crippen LogP contribution in [0.15, 0.2) is 47.4 Å². The lowest BCUT2D eigenvalue weighted by Gasteiger charge is -2.39. The Hall–Kier alpha value is -1.65. The molecule has 142 valence electrons. The third-order valence-electron chi connectivity index (χ3n) is 6.47. The van der Waals surface area contributed by atoms with E-state index in [2.05, 4.69) is 64.0 Å². The number of thioether (sulfide) groups is 1. The van der Waals surface area contributed by atoms with Gasteiger partial charge in [0.2, 0.25) is 0 Å². The van der Waals surface area contributed by atoms with E-state index in [-0.39, 0.29) is 0 Å². The average molecular weight is 381 g/mol. The van der Waals surface area contributed by atoms with Crippen molar-refractivity contribution < 1.29 is 4.74 Å². The minimum atomic E-state index is 0.671. The molecule has 2 atom stereocenters. The molecular weight excluding hydrogens is 352 g/mol. The van der Waals surface area contributed by atoms with Crippen molar-refractivity contribution in [2.45, 2.75) is 36.1 Å². The zero-order valence-corrected chi connectivity index (χ0v) is 16.9. The fourth-order valence-corrected chi connectivity index (χ4v) is 6.24. The van der Waals surface area contributed by atoms with E-state index in [0.717, 1.165) is 18.7 Å². The molecule has 0 amide bonds. The summed E-state index contributed by atoms with van der Waals surface area (Å²) in [4.78, 5) is 6.94. The fourth-order valence-electron chi connectivity index (χ4n) is 5.20. The molecule has 2 aromatic carbocycles. The van der Waals surface area contributed by atoms with Gasteiger partial charge in [-0.1, -0.05) is 30.3 Å². The first-order valence-corrected chi connectivity index (χ1v) is 11.2. The van der Waals surface area contributed by atoms with Crippen LogP contribution in [0.2, 0.25) is 0 Å². The number of anilines is 1. The van der Waals surface area contributed by atoms with E-state index in [1.165, 1.54) is 48.7 Å². The van der Waals surface area contributed by atoms with Crippen LogP contribution in [0.1, 0.15) is 29.9 Å². The predicted molar refractivity (Wildman–Crippen MR) is 113 cm³/mol. The van der Waals surface area contributed by atoms with Crippen molar-refractivity contribution in [1.29, 1.82) is 0 Å². The molecule has 3 heterocycles. The van der Waals surface area contributed by atoms with Crippen LogP contribution >= 0.6 is 11.8 Å². The van der Waals surface area contributed by atoms with E-state index in [9.17, 15) is 0 Å². The lowest BCUT2D eigenvalue weighted by atomic mass is 9.89. The molecule has 2 unspecified atom stereocenters. The highest BCUT2D eigenvalue weighted by Gasteiger charge is 2.43. The molecule has 2 aromatic rings. The van der Waals surface area contributed by atoms with Gasteiger partial charge in [0.15, 0.2) is 0 Å². The van der Waals surface area contributed by atoms with Gasteiger partial charge in [0.05, 0.1) is 12.8 Å². The number of fused-ring (bicyclic) bond motifs is 3. The molecule has 5 rings (SSSR count). The second kappa shape index (κ2) is 7.40. The number of piperidine rings is 1. The monoisotopic (exact) mass is 380 g/mol. The molecule has 0 saturated carbocycles. The van der Waals surface area contributed by atoms with Crippen molar-refractivity contribution in [2.75, 3.05) is 43.9 Å². The first kappa shape index (κ1) is 17.4. The van der Waals surface area contributed by atoms with Crippen molar-refractivity contribution in [1.82, 2.24) is 4.90 Å². The van der Waals surface area contributed by atoms with Gasteiger partial charge in [-0.15, -0.1) is 11.8 Å². The Morgan fingerprint density at radius 1 is 1.11 bits per heavy atom. The molecule has 0 bridgehead atoms. The summed E-state index contributed by atoms with van der Waals surface area (Å²) < 4.78 is 5.53. The first-order valence-electron chi connectivity index (χ1n) is 10.2. The Balaban J connectivity index is 1.33. The third-order valence-corrected chi connectivity index (χ3v) is 7.60. The lowest BCUT2D eigenvalue weighted by Crippen LogP contribution is -2.47. The highest BCUT2D eigenvalue weighted by Crippen LogP contribution is 2.50. The van der Waals surface area contributed by atoms with Gasteiger partial charge < -0.3 is 14.5 Å². The van der Waals surface area contributed by atoms with E-state index in [1.54, 1.807) is 18.4 Å². The molecular formula is C23H28N2OS. The standard InChI is InChI=1S/C23H28N2OS/c1-26-21-8-3-2-6-17(21)10-13-24-14-11-20-19(16-24)18-7-4-9-22-23(18)25(20)12-5-15-27-22/h2-4,6-9,19-20H,5,10-16H2,1H3. The number of benzene rings is 2. The summed E-state index contributed by atoms with van der Waals surface area (Å²) in [5.74, 6) is 2.95. The first-order chi connectivity index (χ1) is 13.3. The second-order valence-electron chi connectivity index (χ2n) is 7.91. The smallest absolute Gasteiger partial charge is 0.122 e. The molecule has 0 spiro atoms. The maximum atomic E-state index is 5.53. The van der Waals surface area contributed by atoms with Crippen LogP contribution in [-0.2, 0) is 6.42 Å². The molecule has 0 N–H and O–H groups in total. The Bertz CT molecular complexity index is 824. The number of likely N-dealkylation sites (tertiary alicyclic amines) is 1. The minimum Gasteiger partial charge on any atom is -0.496 e. The lowest BCUT2D eigenvalue weighted by molar-refractivity contribution is 0.195. The third kappa shape index (κ3) is 3.13. The summed E-state index contributed by atoms with van der Waals surface area (Å²) in [6, 6.07) is 16.2. The zero-order chi connectivity index (χ0) is 18.2. The van der Waals surface area contributed by atoms with Crippen molar-refractivity contribution in [3.05, 3.63) is 53.6 Å². The van der Waals surface area contributed by atoms with Crippen LogP contribution in [0.25, 0.3) is 0 Å². The summed E-state index contributed by atoms with van der Waals surface area (Å²) in [6.07, 6.45) is 3.66. The largest absolute Gasteiger partial charge is 0.496 e. The summed E-state index contributed by atoms with van der Waals surface area (Å²) in [6.45, 7) is 4.76. The highest BCUT2D eigenvalue weighted by atomic mass is 32.2. The summed E-state index contributed by atoms with van der Waals surface area (Å²) in [5.41, 5.74) is 4.50. The quantitative estimate of drug-likeness (QED) is 0.780. The maximum absolute atomic E-state index is 5.53. The predicted octanol–water partition coefficient (Wildman–Crippen LogP) is 4.41. The molecule has 3 aliphatic rings. The zero-order valence-electron chi connectivity index (χ0n) is 16.1. The molecule has 0 aromatic heterocycles. The normalized spacial score (nSPS) is 24.3. The summed E-state index contributed by atoms with van der Waals surface area (Å²) in [5, 5.41) is 0. The van der Waals surface area contributed by atoms with Gasteiger partial charge in [-0.25, -0.2) is 0 Å². The van der Waals surface area contributed by atoms with Crippen molar-refractivity contribution in [3.63, 3.8) is 0 Å². The van der Waals surface area contributed by atoms with E-state index >= 15 is 0 Å². The van der Waals surface area contributed by atoms with Gasteiger partial charge in [0.25, 0.3) is 0 Å². The topological polar surface area (TPSA) is 15.7 Å². The van der Waals surface area contributed by atoms with Gasteiger partial charge in [-0.3, -0.25) is 0 Å². The average Bonchev–Trinajstić information content (AvgIpc) is 2.87. The van der Waals surface area contributed by atoms with Gasteiger partial charge in [-0.2, -0.15) is 0 Å². The Morgan fingerprint density at radius 3 is 2.96 bits per heavy atom. The van der Waals surface area contributed by atoms with Crippen molar-refractivity contribution in [2.24, 2.45) is 0 Å². The fraction of sp³-hybridized carbons (Fsp3) is 0.478. The van der Waals surface area contributed by atoms with Crippen LogP contribution in [0.3, 0.4) is 0 Å². The van der Waals surface area contributed by atoms with Gasteiger partial charge in [-0.05, 0) is 48.3 Å².